The van der Waals surface area contributed by atoms with Crippen molar-refractivity contribution in [2.24, 2.45) is 5.92 Å². The Balaban J connectivity index is 1.98. The van der Waals surface area contributed by atoms with Crippen molar-refractivity contribution in [3.05, 3.63) is 34.3 Å². The van der Waals surface area contributed by atoms with Gasteiger partial charge in [-0.05, 0) is 62.9 Å². The zero-order chi connectivity index (χ0) is 14.2. The van der Waals surface area contributed by atoms with Crippen LogP contribution in [0.1, 0.15) is 30.4 Å². The fourth-order valence-electron chi connectivity index (χ4n) is 3.96. The maximum Gasteiger partial charge on any atom is 0.0474 e. The van der Waals surface area contributed by atoms with Crippen LogP contribution in [0.3, 0.4) is 0 Å². The van der Waals surface area contributed by atoms with E-state index >= 15 is 0 Å². The van der Waals surface area contributed by atoms with Crippen LogP contribution >= 0.6 is 11.6 Å². The Morgan fingerprint density at radius 2 is 2.05 bits per heavy atom. The van der Waals surface area contributed by atoms with Gasteiger partial charge in [-0.2, -0.15) is 0 Å². The second-order valence-electron chi connectivity index (χ2n) is 6.48. The molecule has 1 aromatic carbocycles. The number of benzene rings is 1. The molecule has 0 amide bonds. The van der Waals surface area contributed by atoms with Gasteiger partial charge in [-0.25, -0.2) is 0 Å². The van der Waals surface area contributed by atoms with E-state index in [1.54, 1.807) is 0 Å². The highest BCUT2D eigenvalue weighted by Crippen LogP contribution is 2.45. The molecular weight excluding hydrogens is 270 g/mol. The zero-order valence-electron chi connectivity index (χ0n) is 12.5. The minimum atomic E-state index is 0.264. The Labute approximate surface area is 127 Å². The van der Waals surface area contributed by atoms with Gasteiger partial charge < -0.3 is 9.64 Å². The second kappa shape index (κ2) is 5.67. The van der Waals surface area contributed by atoms with Crippen LogP contribution in [0, 0.1) is 12.8 Å². The summed E-state index contributed by atoms with van der Waals surface area (Å²) in [6.07, 6.45) is 3.55. The second-order valence-corrected chi connectivity index (χ2v) is 6.89. The highest BCUT2D eigenvalue weighted by atomic mass is 35.5. The van der Waals surface area contributed by atoms with E-state index in [2.05, 4.69) is 37.1 Å². The molecule has 2 heterocycles. The third-order valence-electron chi connectivity index (χ3n) is 5.30. The van der Waals surface area contributed by atoms with Gasteiger partial charge in [0.15, 0.2) is 0 Å². The monoisotopic (exact) mass is 293 g/mol. The largest absolute Gasteiger partial charge is 0.381 e. The SMILES string of the molecule is Cc1ccc(C2(C3CCN(C)C3)CCOCC2)cc1Cl. The number of hydrogen-bond donors (Lipinski definition) is 0. The quantitative estimate of drug-likeness (QED) is 0.825. The summed E-state index contributed by atoms with van der Waals surface area (Å²) in [5.74, 6) is 0.732. The molecule has 0 spiro atoms. The van der Waals surface area contributed by atoms with E-state index in [4.69, 9.17) is 16.3 Å². The van der Waals surface area contributed by atoms with E-state index in [1.807, 2.05) is 0 Å². The van der Waals surface area contributed by atoms with Gasteiger partial charge >= 0.3 is 0 Å². The molecular formula is C17H24ClNO. The molecule has 0 bridgehead atoms. The molecule has 1 aromatic rings. The Kier molecular flexibility index (Phi) is 4.07. The summed E-state index contributed by atoms with van der Waals surface area (Å²) in [5, 5.41) is 0.903. The minimum Gasteiger partial charge on any atom is -0.381 e. The lowest BCUT2D eigenvalue weighted by molar-refractivity contribution is 0.0274. The summed E-state index contributed by atoms with van der Waals surface area (Å²) in [6, 6.07) is 6.68. The molecule has 0 radical (unpaired) electrons. The van der Waals surface area contributed by atoms with Gasteiger partial charge in [0.1, 0.15) is 0 Å². The molecule has 1 atom stereocenters. The van der Waals surface area contributed by atoms with E-state index in [-0.39, 0.29) is 5.41 Å². The first-order valence-corrected chi connectivity index (χ1v) is 8.02. The lowest BCUT2D eigenvalue weighted by Crippen LogP contribution is -2.42. The lowest BCUT2D eigenvalue weighted by Gasteiger charge is -2.43. The molecule has 3 heteroatoms. The number of hydrogen-bond acceptors (Lipinski definition) is 2. The number of halogens is 1. The standard InChI is InChI=1S/C17H24ClNO/c1-13-3-4-14(11-16(13)18)17(6-9-20-10-7-17)15-5-8-19(2)12-15/h3-4,11,15H,5-10,12H2,1-2H3. The predicted molar refractivity (Wildman–Crippen MR) is 83.5 cm³/mol. The van der Waals surface area contributed by atoms with E-state index in [0.717, 1.165) is 37.0 Å². The molecule has 0 N–H and O–H groups in total. The van der Waals surface area contributed by atoms with Crippen molar-refractivity contribution < 1.29 is 4.74 Å². The van der Waals surface area contributed by atoms with Crippen LogP contribution < -0.4 is 0 Å². The Morgan fingerprint density at radius 1 is 1.30 bits per heavy atom. The normalized spacial score (nSPS) is 26.9. The number of ether oxygens (including phenoxy) is 1. The summed E-state index contributed by atoms with van der Waals surface area (Å²) in [7, 11) is 2.23. The zero-order valence-corrected chi connectivity index (χ0v) is 13.2. The van der Waals surface area contributed by atoms with Gasteiger partial charge in [0.05, 0.1) is 0 Å². The molecule has 110 valence electrons. The third kappa shape index (κ3) is 2.49. The molecule has 2 saturated heterocycles. The van der Waals surface area contributed by atoms with Crippen molar-refractivity contribution in [1.82, 2.24) is 4.90 Å². The molecule has 3 rings (SSSR count). The highest BCUT2D eigenvalue weighted by Gasteiger charge is 2.43. The number of aryl methyl sites for hydroxylation is 1. The molecule has 0 aromatic heterocycles. The van der Waals surface area contributed by atoms with E-state index in [9.17, 15) is 0 Å². The van der Waals surface area contributed by atoms with Gasteiger partial charge in [-0.15, -0.1) is 0 Å². The topological polar surface area (TPSA) is 12.5 Å². The molecule has 0 saturated carbocycles. The Morgan fingerprint density at radius 3 is 2.65 bits per heavy atom. The van der Waals surface area contributed by atoms with Crippen molar-refractivity contribution >= 4 is 11.6 Å². The van der Waals surface area contributed by atoms with Crippen LogP contribution in [-0.4, -0.2) is 38.3 Å². The van der Waals surface area contributed by atoms with Crippen molar-refractivity contribution in [2.45, 2.75) is 31.6 Å². The van der Waals surface area contributed by atoms with E-state index in [0.29, 0.717) is 0 Å². The van der Waals surface area contributed by atoms with Crippen LogP contribution in [0.4, 0.5) is 0 Å². The average Bonchev–Trinajstić information content (AvgIpc) is 2.90. The summed E-state index contributed by atoms with van der Waals surface area (Å²) >= 11 is 6.39. The number of likely N-dealkylation sites (tertiary alicyclic amines) is 1. The molecule has 2 nitrogen and oxygen atoms in total. The molecule has 0 aliphatic carbocycles. The molecule has 2 aliphatic rings. The van der Waals surface area contributed by atoms with Crippen LogP contribution in [0.5, 0.6) is 0 Å². The van der Waals surface area contributed by atoms with Crippen LogP contribution in [0.25, 0.3) is 0 Å². The molecule has 20 heavy (non-hydrogen) atoms. The van der Waals surface area contributed by atoms with Gasteiger partial charge in [-0.1, -0.05) is 23.7 Å². The maximum atomic E-state index is 6.39. The van der Waals surface area contributed by atoms with Crippen molar-refractivity contribution in [3.63, 3.8) is 0 Å². The van der Waals surface area contributed by atoms with Crippen molar-refractivity contribution in [3.8, 4) is 0 Å². The first-order valence-electron chi connectivity index (χ1n) is 7.65. The predicted octanol–water partition coefficient (Wildman–Crippen LogP) is 3.65. The maximum absolute atomic E-state index is 6.39. The molecule has 2 aliphatic heterocycles. The van der Waals surface area contributed by atoms with E-state index < -0.39 is 0 Å². The highest BCUT2D eigenvalue weighted by molar-refractivity contribution is 6.31. The summed E-state index contributed by atoms with van der Waals surface area (Å²) in [4.78, 5) is 2.46. The Bertz CT molecular complexity index is 482. The number of rotatable bonds is 2. The lowest BCUT2D eigenvalue weighted by atomic mass is 9.65. The smallest absolute Gasteiger partial charge is 0.0474 e. The summed E-state index contributed by atoms with van der Waals surface area (Å²) < 4.78 is 5.64. The van der Waals surface area contributed by atoms with Gasteiger partial charge in [0.2, 0.25) is 0 Å². The van der Waals surface area contributed by atoms with Crippen LogP contribution in [0.15, 0.2) is 18.2 Å². The number of nitrogens with zero attached hydrogens (tertiary/aromatic N) is 1. The van der Waals surface area contributed by atoms with Crippen molar-refractivity contribution in [2.75, 3.05) is 33.4 Å². The third-order valence-corrected chi connectivity index (χ3v) is 5.71. The fourth-order valence-corrected chi connectivity index (χ4v) is 4.14. The first kappa shape index (κ1) is 14.4. The minimum absolute atomic E-state index is 0.264. The average molecular weight is 294 g/mol. The van der Waals surface area contributed by atoms with Gasteiger partial charge in [-0.3, -0.25) is 0 Å². The van der Waals surface area contributed by atoms with Gasteiger partial charge in [0.25, 0.3) is 0 Å². The van der Waals surface area contributed by atoms with E-state index in [1.165, 1.54) is 30.6 Å². The Hall–Kier alpha value is -0.570. The fraction of sp³-hybridized carbons (Fsp3) is 0.647. The molecule has 1 unspecified atom stereocenters. The van der Waals surface area contributed by atoms with Crippen LogP contribution in [0.2, 0.25) is 5.02 Å². The first-order chi connectivity index (χ1) is 9.62. The van der Waals surface area contributed by atoms with Crippen molar-refractivity contribution in [1.29, 1.82) is 0 Å². The molecule has 2 fully saturated rings. The summed E-state index contributed by atoms with van der Waals surface area (Å²) in [6.45, 7) is 6.25. The van der Waals surface area contributed by atoms with Gasteiger partial charge in [0, 0.05) is 30.2 Å². The summed E-state index contributed by atoms with van der Waals surface area (Å²) in [5.41, 5.74) is 2.86. The van der Waals surface area contributed by atoms with Crippen LogP contribution in [-0.2, 0) is 10.2 Å².